The molecule has 50 heavy (non-hydrogen) atoms. The second-order valence-corrected chi connectivity index (χ2v) is 15.7. The van der Waals surface area contributed by atoms with Gasteiger partial charge >= 0.3 is 5.97 Å². The smallest absolute Gasteiger partial charge is 0.313 e. The van der Waals surface area contributed by atoms with Crippen LogP contribution in [0.3, 0.4) is 0 Å². The summed E-state index contributed by atoms with van der Waals surface area (Å²) in [5.74, 6) is -3.22. The van der Waals surface area contributed by atoms with E-state index in [4.69, 9.17) is 9.47 Å². The van der Waals surface area contributed by atoms with Gasteiger partial charge in [-0.1, -0.05) is 92.0 Å². The molecule has 2 bridgehead atoms. The van der Waals surface area contributed by atoms with Crippen LogP contribution in [0.15, 0.2) is 55.6 Å². The maximum Gasteiger partial charge on any atom is 0.313 e. The summed E-state index contributed by atoms with van der Waals surface area (Å²) in [5, 5.41) is 10.7. The highest BCUT2D eigenvalue weighted by Gasteiger charge is 2.77. The zero-order valence-corrected chi connectivity index (χ0v) is 31.9. The van der Waals surface area contributed by atoms with E-state index in [0.717, 1.165) is 19.3 Å². The van der Waals surface area contributed by atoms with Crippen LogP contribution in [0.4, 0.5) is 0 Å². The van der Waals surface area contributed by atoms with Crippen LogP contribution in [0.25, 0.3) is 0 Å². The summed E-state index contributed by atoms with van der Waals surface area (Å²) in [7, 11) is 1.69. The van der Waals surface area contributed by atoms with Gasteiger partial charge in [0.1, 0.15) is 17.7 Å². The molecule has 11 heteroatoms. The first kappa shape index (κ1) is 39.8. The van der Waals surface area contributed by atoms with Crippen LogP contribution >= 0.6 is 15.9 Å². The number of unbranched alkanes of at least 4 members (excludes halogenated alkanes) is 2. The summed E-state index contributed by atoms with van der Waals surface area (Å²) in [4.78, 5) is 61.6. The number of aliphatic hydroxyl groups excluding tert-OH is 1. The molecule has 1 unspecified atom stereocenters. The molecule has 0 saturated carbocycles. The van der Waals surface area contributed by atoms with Gasteiger partial charge in [-0.2, -0.15) is 0 Å². The number of carbonyl (C=O) groups is 4. The number of allylic oxidation sites excluding steroid dienone is 1. The Morgan fingerprint density at radius 2 is 1.86 bits per heavy atom. The van der Waals surface area contributed by atoms with E-state index < -0.39 is 53.7 Å². The number of benzene rings is 1. The molecule has 0 aromatic heterocycles. The molecule has 3 heterocycles. The Hall–Kier alpha value is -3.02. The van der Waals surface area contributed by atoms with Crippen LogP contribution in [0.1, 0.15) is 84.3 Å². The lowest BCUT2D eigenvalue weighted by atomic mass is 9.70. The van der Waals surface area contributed by atoms with Crippen molar-refractivity contribution in [2.24, 2.45) is 17.8 Å². The van der Waals surface area contributed by atoms with Gasteiger partial charge in [0.05, 0.1) is 36.6 Å². The zero-order valence-electron chi connectivity index (χ0n) is 30.3. The summed E-state index contributed by atoms with van der Waals surface area (Å²) < 4.78 is 13.1. The van der Waals surface area contributed by atoms with Crippen LogP contribution in [0.5, 0.6) is 0 Å². The largest absolute Gasteiger partial charge is 0.455 e. The zero-order chi connectivity index (χ0) is 36.7. The summed E-state index contributed by atoms with van der Waals surface area (Å²) in [5.41, 5.74) is -0.584. The Bertz CT molecular complexity index is 1370. The van der Waals surface area contributed by atoms with Crippen LogP contribution in [-0.4, -0.2) is 105 Å². The van der Waals surface area contributed by atoms with Crippen molar-refractivity contribution in [2.75, 3.05) is 26.7 Å². The van der Waals surface area contributed by atoms with Gasteiger partial charge < -0.3 is 29.3 Å². The average molecular weight is 759 g/mol. The van der Waals surface area contributed by atoms with E-state index in [-0.39, 0.29) is 41.5 Å². The number of rotatable bonds is 19. The molecule has 1 aromatic rings. The normalized spacial score (nSPS) is 27.1. The summed E-state index contributed by atoms with van der Waals surface area (Å²) >= 11 is 3.76. The Morgan fingerprint density at radius 1 is 1.16 bits per heavy atom. The highest BCUT2D eigenvalue weighted by Crippen LogP contribution is 2.61. The lowest BCUT2D eigenvalue weighted by Gasteiger charge is -2.40. The first-order valence-electron chi connectivity index (χ1n) is 18.1. The molecule has 3 fully saturated rings. The van der Waals surface area contributed by atoms with Crippen molar-refractivity contribution in [3.05, 3.63) is 61.2 Å². The molecule has 4 rings (SSSR count). The fourth-order valence-electron chi connectivity index (χ4n) is 8.13. The number of hydrogen-bond donors (Lipinski definition) is 1. The number of esters is 1. The molecule has 1 spiro atoms. The lowest BCUT2D eigenvalue weighted by molar-refractivity contribution is -0.165. The number of likely N-dealkylation sites (tertiary alicyclic amines) is 1. The molecule has 10 nitrogen and oxygen atoms in total. The molecule has 1 N–H and O–H groups in total. The third kappa shape index (κ3) is 7.89. The number of hydrogen-bond acceptors (Lipinski definition) is 7. The van der Waals surface area contributed by atoms with Gasteiger partial charge in [-0.3, -0.25) is 19.2 Å². The van der Waals surface area contributed by atoms with E-state index in [0.29, 0.717) is 37.9 Å². The van der Waals surface area contributed by atoms with Crippen molar-refractivity contribution >= 4 is 39.6 Å². The maximum atomic E-state index is 14.8. The number of carbonyl (C=O) groups excluding carboxylic acids is 4. The summed E-state index contributed by atoms with van der Waals surface area (Å²) in [6.07, 6.45) is 6.18. The number of alkyl halides is 1. The Labute approximate surface area is 306 Å². The predicted octanol–water partition coefficient (Wildman–Crippen LogP) is 5.44. The molecule has 3 aliphatic heterocycles. The molecule has 0 aliphatic carbocycles. The maximum absolute atomic E-state index is 14.8. The third-order valence-electron chi connectivity index (χ3n) is 10.6. The molecule has 3 aliphatic rings. The molecule has 9 atom stereocenters. The highest BCUT2D eigenvalue weighted by atomic mass is 79.9. The fourth-order valence-corrected chi connectivity index (χ4v) is 9.07. The number of amides is 3. The number of ether oxygens (including phenoxy) is 2. The Balaban J connectivity index is 1.75. The SMILES string of the molecule is C=CCCC(=O)N(C)[C@H](C)[C@H](OC(=O)[C@H]1[C@@H]2O[C@@]3(CC2Br)[C@@H]1C(=O)N([C@@H](CO)CC(C)C)[C@@H]3C(=O)N(CC=C)CCCCC)c1ccccc1. The number of likely N-dealkylation sites (N-methyl/N-ethyl adjacent to an activating group) is 1. The Kier molecular flexibility index (Phi) is 13.9. The van der Waals surface area contributed by atoms with Crippen molar-refractivity contribution in [3.63, 3.8) is 0 Å². The van der Waals surface area contributed by atoms with Crippen LogP contribution in [-0.2, 0) is 28.7 Å². The van der Waals surface area contributed by atoms with Gasteiger partial charge in [0, 0.05) is 31.4 Å². The summed E-state index contributed by atoms with van der Waals surface area (Å²) in [6, 6.07) is 7.06. The number of fused-ring (bicyclic) bond motifs is 1. The average Bonchev–Trinajstić information content (AvgIpc) is 3.70. The molecule has 0 radical (unpaired) electrons. The van der Waals surface area contributed by atoms with Gasteiger partial charge in [-0.15, -0.1) is 13.2 Å². The first-order chi connectivity index (χ1) is 23.9. The molecular weight excluding hydrogens is 702 g/mol. The first-order valence-corrected chi connectivity index (χ1v) is 19.1. The molecular formula is C39H56BrN3O7. The van der Waals surface area contributed by atoms with E-state index in [1.807, 2.05) is 51.1 Å². The van der Waals surface area contributed by atoms with Crippen molar-refractivity contribution < 1.29 is 33.8 Å². The van der Waals surface area contributed by atoms with Gasteiger partial charge in [0.25, 0.3) is 0 Å². The van der Waals surface area contributed by atoms with Crippen molar-refractivity contribution in [1.82, 2.24) is 14.7 Å². The number of halogens is 1. The van der Waals surface area contributed by atoms with E-state index >= 15 is 0 Å². The molecule has 3 amide bonds. The van der Waals surface area contributed by atoms with Crippen LogP contribution < -0.4 is 0 Å². The van der Waals surface area contributed by atoms with E-state index in [1.54, 1.807) is 29.0 Å². The fraction of sp³-hybridized carbons (Fsp3) is 0.641. The molecule has 276 valence electrons. The van der Waals surface area contributed by atoms with Gasteiger partial charge in [0.15, 0.2) is 0 Å². The standard InChI is InChI=1S/C39H56BrN3O7/c1-8-11-16-21-42(20-10-3)37(47)35-39-23-29(40)34(50-39)31(32(39)36(46)43(35)28(24-44)22-25(4)5)38(48)49-33(27-17-14-13-15-18-27)26(6)41(7)30(45)19-12-9-2/h9-10,13-15,17-18,25-26,28-29,31-35,44H,2-3,8,11-12,16,19-24H2,1,4-7H3/t26-,28-,29?,31-,32+,33+,34-,35-,39+/m1/s1. The van der Waals surface area contributed by atoms with Gasteiger partial charge in [-0.05, 0) is 44.1 Å². The van der Waals surface area contributed by atoms with E-state index in [1.165, 1.54) is 4.90 Å². The highest BCUT2D eigenvalue weighted by molar-refractivity contribution is 9.09. The van der Waals surface area contributed by atoms with Crippen LogP contribution in [0, 0.1) is 17.8 Å². The second kappa shape index (κ2) is 17.5. The van der Waals surface area contributed by atoms with Crippen molar-refractivity contribution in [2.45, 2.75) is 113 Å². The second-order valence-electron chi connectivity index (χ2n) is 14.5. The topological polar surface area (TPSA) is 117 Å². The molecule has 3 saturated heterocycles. The molecule has 1 aromatic carbocycles. The summed E-state index contributed by atoms with van der Waals surface area (Å²) in [6.45, 7) is 16.0. The minimum absolute atomic E-state index is 0.108. The number of aliphatic hydroxyl groups is 1. The predicted molar refractivity (Wildman–Crippen MR) is 196 cm³/mol. The minimum atomic E-state index is -1.30. The van der Waals surface area contributed by atoms with Gasteiger partial charge in [-0.25, -0.2) is 0 Å². The van der Waals surface area contributed by atoms with E-state index in [2.05, 4.69) is 36.0 Å². The van der Waals surface area contributed by atoms with Crippen LogP contribution in [0.2, 0.25) is 0 Å². The van der Waals surface area contributed by atoms with Crippen molar-refractivity contribution in [3.8, 4) is 0 Å². The Morgan fingerprint density at radius 3 is 2.46 bits per heavy atom. The lowest BCUT2D eigenvalue weighted by Crippen LogP contribution is -2.59. The third-order valence-corrected chi connectivity index (χ3v) is 11.5. The number of nitrogens with zero attached hydrogens (tertiary/aromatic N) is 3. The van der Waals surface area contributed by atoms with E-state index in [9.17, 15) is 24.3 Å². The minimum Gasteiger partial charge on any atom is -0.455 e. The van der Waals surface area contributed by atoms with Crippen molar-refractivity contribution in [1.29, 1.82) is 0 Å². The van der Waals surface area contributed by atoms with Gasteiger partial charge in [0.2, 0.25) is 17.7 Å². The monoisotopic (exact) mass is 757 g/mol. The quantitative estimate of drug-likeness (QED) is 0.0865.